The van der Waals surface area contributed by atoms with Crippen molar-refractivity contribution in [3.05, 3.63) is 90.2 Å². The van der Waals surface area contributed by atoms with Crippen LogP contribution in [0.1, 0.15) is 16.1 Å². The molecule has 0 radical (unpaired) electrons. The van der Waals surface area contributed by atoms with Crippen molar-refractivity contribution < 1.29 is 22.4 Å². The third-order valence-corrected chi connectivity index (χ3v) is 5.70. The Bertz CT molecular complexity index is 1290. The summed E-state index contributed by atoms with van der Waals surface area (Å²) < 4.78 is 34.9. The molecule has 0 bridgehead atoms. The molecule has 6 nitrogen and oxygen atoms in total. The third-order valence-electron chi connectivity index (χ3n) is 4.57. The molecule has 0 atom stereocenters. The van der Waals surface area contributed by atoms with Crippen LogP contribution in [0, 0.1) is 0 Å². The molecule has 0 unspecified atom stereocenters. The van der Waals surface area contributed by atoms with Gasteiger partial charge < -0.3 is 14.5 Å². The Kier molecular flexibility index (Phi) is 5.29. The van der Waals surface area contributed by atoms with Crippen LogP contribution in [0.5, 0.6) is 5.75 Å². The van der Waals surface area contributed by atoms with E-state index in [9.17, 15) is 13.2 Å². The predicted octanol–water partition coefficient (Wildman–Crippen LogP) is 4.67. The quantitative estimate of drug-likeness (QED) is 0.489. The summed E-state index contributed by atoms with van der Waals surface area (Å²) in [5, 5.41) is 3.55. The lowest BCUT2D eigenvalue weighted by Gasteiger charge is -2.08. The van der Waals surface area contributed by atoms with Gasteiger partial charge in [-0.2, -0.15) is 0 Å². The largest absolute Gasteiger partial charge is 0.489 e. The molecule has 1 N–H and O–H groups in total. The zero-order valence-electron chi connectivity index (χ0n) is 16.2. The summed E-state index contributed by atoms with van der Waals surface area (Å²) in [6, 6.07) is 22.7. The Morgan fingerprint density at radius 3 is 2.30 bits per heavy atom. The molecule has 1 amide bonds. The van der Waals surface area contributed by atoms with Crippen molar-refractivity contribution in [1.82, 2.24) is 0 Å². The SMILES string of the molecule is CS(=O)(=O)c1ccc(NC(=O)c2oc3ccccc3c2COc2ccccc2)cc1. The van der Waals surface area contributed by atoms with E-state index in [0.717, 1.165) is 11.6 Å². The summed E-state index contributed by atoms with van der Waals surface area (Å²) in [5.74, 6) is 0.398. The topological polar surface area (TPSA) is 85.6 Å². The van der Waals surface area contributed by atoms with Gasteiger partial charge in [-0.25, -0.2) is 8.42 Å². The number of benzene rings is 3. The van der Waals surface area contributed by atoms with Gasteiger partial charge in [0.2, 0.25) is 0 Å². The van der Waals surface area contributed by atoms with Crippen LogP contribution in [0.15, 0.2) is 88.2 Å². The lowest BCUT2D eigenvalue weighted by molar-refractivity contribution is 0.0995. The summed E-state index contributed by atoms with van der Waals surface area (Å²) in [5.41, 5.74) is 1.68. The summed E-state index contributed by atoms with van der Waals surface area (Å²) in [6.45, 7) is 0.163. The minimum atomic E-state index is -3.31. The molecule has 0 saturated carbocycles. The second kappa shape index (κ2) is 8.04. The summed E-state index contributed by atoms with van der Waals surface area (Å²) >= 11 is 0. The van der Waals surface area contributed by atoms with Crippen LogP contribution in [0.2, 0.25) is 0 Å². The molecule has 0 spiro atoms. The minimum absolute atomic E-state index is 0.152. The van der Waals surface area contributed by atoms with Crippen LogP contribution in [0.3, 0.4) is 0 Å². The third kappa shape index (κ3) is 4.21. The monoisotopic (exact) mass is 421 g/mol. The molecule has 4 aromatic rings. The summed E-state index contributed by atoms with van der Waals surface area (Å²) in [7, 11) is -3.31. The maximum absolute atomic E-state index is 12.9. The van der Waals surface area contributed by atoms with E-state index in [1.54, 1.807) is 6.07 Å². The van der Waals surface area contributed by atoms with E-state index in [1.807, 2.05) is 48.5 Å². The second-order valence-corrected chi connectivity index (χ2v) is 8.77. The number of anilines is 1. The maximum Gasteiger partial charge on any atom is 0.291 e. The normalized spacial score (nSPS) is 11.4. The molecule has 30 heavy (non-hydrogen) atoms. The first-order valence-electron chi connectivity index (χ1n) is 9.21. The predicted molar refractivity (Wildman–Crippen MR) is 114 cm³/mol. The Morgan fingerprint density at radius 2 is 1.60 bits per heavy atom. The van der Waals surface area contributed by atoms with E-state index in [1.165, 1.54) is 24.3 Å². The molecule has 0 saturated heterocycles. The number of carbonyl (C=O) groups is 1. The van der Waals surface area contributed by atoms with E-state index >= 15 is 0 Å². The first-order valence-corrected chi connectivity index (χ1v) is 11.1. The number of para-hydroxylation sites is 2. The number of hydrogen-bond donors (Lipinski definition) is 1. The molecule has 0 aliphatic heterocycles. The number of ether oxygens (including phenoxy) is 1. The van der Waals surface area contributed by atoms with E-state index in [2.05, 4.69) is 5.32 Å². The molecule has 3 aromatic carbocycles. The van der Waals surface area contributed by atoms with Crippen molar-refractivity contribution >= 4 is 32.4 Å². The maximum atomic E-state index is 12.9. The number of fused-ring (bicyclic) bond motifs is 1. The zero-order valence-corrected chi connectivity index (χ0v) is 17.0. The number of carbonyl (C=O) groups excluding carboxylic acids is 1. The minimum Gasteiger partial charge on any atom is -0.489 e. The van der Waals surface area contributed by atoms with Gasteiger partial charge in [0.1, 0.15) is 17.9 Å². The Balaban J connectivity index is 1.61. The Hall–Kier alpha value is -3.58. The van der Waals surface area contributed by atoms with Crippen LogP contribution in [0.25, 0.3) is 11.0 Å². The highest BCUT2D eigenvalue weighted by Gasteiger charge is 2.21. The van der Waals surface area contributed by atoms with Gasteiger partial charge in [-0.1, -0.05) is 36.4 Å². The zero-order chi connectivity index (χ0) is 21.1. The second-order valence-electron chi connectivity index (χ2n) is 6.76. The molecular weight excluding hydrogens is 402 g/mol. The van der Waals surface area contributed by atoms with E-state index in [-0.39, 0.29) is 17.3 Å². The van der Waals surface area contributed by atoms with Gasteiger partial charge in [0.05, 0.1) is 4.90 Å². The van der Waals surface area contributed by atoms with E-state index in [0.29, 0.717) is 22.6 Å². The molecule has 0 fully saturated rings. The van der Waals surface area contributed by atoms with Crippen LogP contribution >= 0.6 is 0 Å². The first kappa shape index (κ1) is 19.7. The van der Waals surface area contributed by atoms with Gasteiger partial charge in [0, 0.05) is 22.9 Å². The number of sulfone groups is 1. The molecule has 0 aliphatic rings. The Labute approximate surface area is 174 Å². The number of nitrogens with one attached hydrogen (secondary N) is 1. The van der Waals surface area contributed by atoms with E-state index < -0.39 is 15.7 Å². The van der Waals surface area contributed by atoms with Crippen LogP contribution < -0.4 is 10.1 Å². The van der Waals surface area contributed by atoms with Gasteiger partial charge in [0.15, 0.2) is 15.6 Å². The number of furan rings is 1. The smallest absolute Gasteiger partial charge is 0.291 e. The van der Waals surface area contributed by atoms with Gasteiger partial charge in [0.25, 0.3) is 5.91 Å². The highest BCUT2D eigenvalue weighted by Crippen LogP contribution is 2.28. The fourth-order valence-electron chi connectivity index (χ4n) is 3.07. The average Bonchev–Trinajstić information content (AvgIpc) is 3.11. The summed E-state index contributed by atoms with van der Waals surface area (Å²) in [4.78, 5) is 13.1. The van der Waals surface area contributed by atoms with Crippen molar-refractivity contribution in [1.29, 1.82) is 0 Å². The standard InChI is InChI=1S/C23H19NO5S/c1-30(26,27)18-13-11-16(12-14-18)24-23(25)22-20(15-28-17-7-3-2-4-8-17)19-9-5-6-10-21(19)29-22/h2-14H,15H2,1H3,(H,24,25). The van der Waals surface area contributed by atoms with Gasteiger partial charge in [-0.3, -0.25) is 4.79 Å². The van der Waals surface area contributed by atoms with Crippen molar-refractivity contribution in [2.24, 2.45) is 0 Å². The molecule has 1 heterocycles. The lowest BCUT2D eigenvalue weighted by Crippen LogP contribution is -2.14. The highest BCUT2D eigenvalue weighted by molar-refractivity contribution is 7.90. The number of amides is 1. The number of hydrogen-bond acceptors (Lipinski definition) is 5. The van der Waals surface area contributed by atoms with Crippen molar-refractivity contribution in [3.8, 4) is 5.75 Å². The average molecular weight is 421 g/mol. The van der Waals surface area contributed by atoms with Crippen LogP contribution in [0.4, 0.5) is 5.69 Å². The number of rotatable bonds is 6. The molecule has 152 valence electrons. The van der Waals surface area contributed by atoms with Crippen molar-refractivity contribution in [2.45, 2.75) is 11.5 Å². The fourth-order valence-corrected chi connectivity index (χ4v) is 3.70. The van der Waals surface area contributed by atoms with Gasteiger partial charge in [-0.15, -0.1) is 0 Å². The fraction of sp³-hybridized carbons (Fsp3) is 0.0870. The van der Waals surface area contributed by atoms with Crippen molar-refractivity contribution in [2.75, 3.05) is 11.6 Å². The first-order chi connectivity index (χ1) is 14.4. The molecule has 4 rings (SSSR count). The molecule has 7 heteroatoms. The molecule has 0 aliphatic carbocycles. The van der Waals surface area contributed by atoms with Crippen molar-refractivity contribution in [3.63, 3.8) is 0 Å². The van der Waals surface area contributed by atoms with Crippen LogP contribution in [-0.2, 0) is 16.4 Å². The Morgan fingerprint density at radius 1 is 0.933 bits per heavy atom. The van der Waals surface area contributed by atoms with Crippen LogP contribution in [-0.4, -0.2) is 20.6 Å². The molecular formula is C23H19NO5S. The van der Waals surface area contributed by atoms with Gasteiger partial charge in [-0.05, 0) is 42.5 Å². The summed E-state index contributed by atoms with van der Waals surface area (Å²) in [6.07, 6.45) is 1.13. The lowest BCUT2D eigenvalue weighted by atomic mass is 10.1. The van der Waals surface area contributed by atoms with E-state index in [4.69, 9.17) is 9.15 Å². The van der Waals surface area contributed by atoms with Gasteiger partial charge >= 0.3 is 0 Å². The molecule has 1 aromatic heterocycles. The highest BCUT2D eigenvalue weighted by atomic mass is 32.2.